The highest BCUT2D eigenvalue weighted by molar-refractivity contribution is 6.31. The van der Waals surface area contributed by atoms with Gasteiger partial charge in [0, 0.05) is 46.2 Å². The third kappa shape index (κ3) is 4.29. The molecule has 1 aliphatic rings. The summed E-state index contributed by atoms with van der Waals surface area (Å²) in [7, 11) is 0. The van der Waals surface area contributed by atoms with Gasteiger partial charge < -0.3 is 21.8 Å². The van der Waals surface area contributed by atoms with E-state index in [-0.39, 0.29) is 18.3 Å². The molecule has 0 aliphatic heterocycles. The Morgan fingerprint density at radius 2 is 2.17 bits per heavy atom. The van der Waals surface area contributed by atoms with Crippen molar-refractivity contribution in [1.29, 1.82) is 5.41 Å². The highest BCUT2D eigenvalue weighted by Crippen LogP contribution is 2.39. The number of halogens is 2. The van der Waals surface area contributed by atoms with Crippen LogP contribution in [0.15, 0.2) is 24.4 Å². The van der Waals surface area contributed by atoms with Gasteiger partial charge in [0.25, 0.3) is 0 Å². The number of nitrogens with two attached hydrogens (primary N) is 1. The van der Waals surface area contributed by atoms with Crippen LogP contribution in [-0.2, 0) is 6.54 Å². The van der Waals surface area contributed by atoms with Crippen molar-refractivity contribution in [3.63, 3.8) is 0 Å². The molecule has 4 rings (SSSR count). The van der Waals surface area contributed by atoms with Gasteiger partial charge >= 0.3 is 0 Å². The molecule has 0 radical (unpaired) electrons. The summed E-state index contributed by atoms with van der Waals surface area (Å²) in [5.41, 5.74) is 9.11. The van der Waals surface area contributed by atoms with E-state index in [0.717, 1.165) is 30.3 Å². The maximum Gasteiger partial charge on any atom is 0.225 e. The van der Waals surface area contributed by atoms with Gasteiger partial charge in [-0.2, -0.15) is 10.1 Å². The highest BCUT2D eigenvalue weighted by Gasteiger charge is 2.25. The van der Waals surface area contributed by atoms with Crippen LogP contribution in [0.1, 0.15) is 42.5 Å². The number of hydrogen-bond acceptors (Lipinski definition) is 7. The normalized spacial score (nSPS) is 13.3. The van der Waals surface area contributed by atoms with Crippen molar-refractivity contribution in [2.24, 2.45) is 0 Å². The Bertz CT molecular complexity index is 1080. The third-order valence-corrected chi connectivity index (χ3v) is 4.85. The van der Waals surface area contributed by atoms with Crippen LogP contribution in [0, 0.1) is 11.2 Å². The molecule has 1 saturated carbocycles. The second kappa shape index (κ2) is 7.67. The number of benzene rings is 1. The molecule has 0 amide bonds. The van der Waals surface area contributed by atoms with Crippen molar-refractivity contribution < 1.29 is 4.39 Å². The monoisotopic (exact) mass is 414 g/mol. The summed E-state index contributed by atoms with van der Waals surface area (Å²) in [6.07, 6.45) is 3.37. The zero-order chi connectivity index (χ0) is 20.5. The van der Waals surface area contributed by atoms with E-state index < -0.39 is 5.82 Å². The van der Waals surface area contributed by atoms with Crippen LogP contribution >= 0.6 is 11.6 Å². The van der Waals surface area contributed by atoms with Gasteiger partial charge in [-0.05, 0) is 37.5 Å². The number of anilines is 4. The van der Waals surface area contributed by atoms with Gasteiger partial charge in [0.05, 0.1) is 6.20 Å². The Morgan fingerprint density at radius 1 is 1.38 bits per heavy atom. The summed E-state index contributed by atoms with van der Waals surface area (Å²) in [5, 5.41) is 21.4. The summed E-state index contributed by atoms with van der Waals surface area (Å²) in [6.45, 7) is 1.93. The van der Waals surface area contributed by atoms with Gasteiger partial charge in [0.15, 0.2) is 17.5 Å². The number of aromatic nitrogens is 4. The Morgan fingerprint density at radius 3 is 2.90 bits per heavy atom. The second-order valence-corrected chi connectivity index (χ2v) is 7.44. The quantitative estimate of drug-likeness (QED) is 0.291. The molecule has 150 valence electrons. The fraction of sp³-hybridized carbons (Fsp3) is 0.263. The SMILES string of the molecule is CC(=N)c1c(N)cc(Cl)cc1CNc1ncc(F)c(Nc2cc(C3CC3)[nH]n2)n1. The molecule has 1 aromatic carbocycles. The maximum absolute atomic E-state index is 14.2. The number of H-pyrrole nitrogens is 1. The van der Waals surface area contributed by atoms with Gasteiger partial charge in [0.1, 0.15) is 0 Å². The van der Waals surface area contributed by atoms with E-state index in [4.69, 9.17) is 22.7 Å². The number of nitrogens with one attached hydrogen (secondary N) is 4. The molecule has 0 atom stereocenters. The van der Waals surface area contributed by atoms with E-state index >= 15 is 0 Å². The average Bonchev–Trinajstić information content (AvgIpc) is 3.41. The first-order chi connectivity index (χ1) is 13.9. The minimum absolute atomic E-state index is 0.0189. The molecular formula is C19H20ClFN8. The zero-order valence-electron chi connectivity index (χ0n) is 15.7. The molecule has 1 fully saturated rings. The molecule has 2 aromatic heterocycles. The smallest absolute Gasteiger partial charge is 0.225 e. The van der Waals surface area contributed by atoms with E-state index in [0.29, 0.717) is 33.7 Å². The lowest BCUT2D eigenvalue weighted by atomic mass is 10.0. The van der Waals surface area contributed by atoms with Crippen molar-refractivity contribution in [1.82, 2.24) is 20.2 Å². The summed E-state index contributed by atoms with van der Waals surface area (Å²) >= 11 is 6.09. The van der Waals surface area contributed by atoms with Crippen molar-refractivity contribution in [2.45, 2.75) is 32.2 Å². The number of nitrogen functional groups attached to an aromatic ring is 1. The molecule has 3 aromatic rings. The lowest BCUT2D eigenvalue weighted by molar-refractivity contribution is 0.619. The van der Waals surface area contributed by atoms with Crippen LogP contribution < -0.4 is 16.4 Å². The van der Waals surface area contributed by atoms with Gasteiger partial charge in [-0.15, -0.1) is 0 Å². The summed E-state index contributed by atoms with van der Waals surface area (Å²) < 4.78 is 14.2. The lowest BCUT2D eigenvalue weighted by Crippen LogP contribution is -2.11. The van der Waals surface area contributed by atoms with Gasteiger partial charge in [0.2, 0.25) is 5.95 Å². The minimum atomic E-state index is -0.588. The molecule has 10 heteroatoms. The molecule has 0 spiro atoms. The Kier molecular flexibility index (Phi) is 5.06. The minimum Gasteiger partial charge on any atom is -0.398 e. The van der Waals surface area contributed by atoms with Gasteiger partial charge in [-0.25, -0.2) is 9.37 Å². The van der Waals surface area contributed by atoms with E-state index in [1.54, 1.807) is 19.1 Å². The number of hydrogen-bond donors (Lipinski definition) is 5. The predicted octanol–water partition coefficient (Wildman–Crippen LogP) is 4.20. The van der Waals surface area contributed by atoms with Crippen LogP contribution in [0.3, 0.4) is 0 Å². The van der Waals surface area contributed by atoms with Crippen LogP contribution in [0.2, 0.25) is 5.02 Å². The molecule has 0 bridgehead atoms. The van der Waals surface area contributed by atoms with Crippen molar-refractivity contribution in [3.8, 4) is 0 Å². The molecule has 1 aliphatic carbocycles. The molecule has 8 nitrogen and oxygen atoms in total. The third-order valence-electron chi connectivity index (χ3n) is 4.63. The van der Waals surface area contributed by atoms with Crippen LogP contribution in [0.25, 0.3) is 0 Å². The Labute approximate surface area is 171 Å². The van der Waals surface area contributed by atoms with Crippen molar-refractivity contribution >= 4 is 40.6 Å². The summed E-state index contributed by atoms with van der Waals surface area (Å²) in [4.78, 5) is 8.17. The lowest BCUT2D eigenvalue weighted by Gasteiger charge is -2.13. The Hall–Kier alpha value is -3.20. The fourth-order valence-electron chi connectivity index (χ4n) is 3.12. The van der Waals surface area contributed by atoms with Gasteiger partial charge in [-0.1, -0.05) is 11.6 Å². The highest BCUT2D eigenvalue weighted by atomic mass is 35.5. The zero-order valence-corrected chi connectivity index (χ0v) is 16.4. The molecule has 0 saturated heterocycles. The van der Waals surface area contributed by atoms with Crippen LogP contribution in [-0.4, -0.2) is 25.9 Å². The standard InChI is InChI=1S/C19H20ClFN8/c1-9(22)17-11(4-12(20)5-14(17)23)7-24-19-25-8-13(21)18(27-19)26-16-6-15(28-29-16)10-2-3-10/h4-6,8,10,22H,2-3,7,23H2,1H3,(H3,24,25,26,27,28,29). The van der Waals surface area contributed by atoms with E-state index in [1.165, 1.54) is 0 Å². The largest absolute Gasteiger partial charge is 0.398 e. The second-order valence-electron chi connectivity index (χ2n) is 7.01. The molecule has 29 heavy (non-hydrogen) atoms. The van der Waals surface area contributed by atoms with Crippen LogP contribution in [0.5, 0.6) is 0 Å². The first kappa shape index (κ1) is 19.1. The van der Waals surface area contributed by atoms with E-state index in [1.807, 2.05) is 6.07 Å². The van der Waals surface area contributed by atoms with Crippen molar-refractivity contribution in [3.05, 3.63) is 52.1 Å². The number of rotatable bonds is 7. The first-order valence-electron chi connectivity index (χ1n) is 9.13. The maximum atomic E-state index is 14.2. The average molecular weight is 415 g/mol. The molecule has 0 unspecified atom stereocenters. The van der Waals surface area contributed by atoms with Crippen molar-refractivity contribution in [2.75, 3.05) is 16.4 Å². The van der Waals surface area contributed by atoms with Gasteiger partial charge in [-0.3, -0.25) is 5.10 Å². The molecule has 2 heterocycles. The predicted molar refractivity (Wildman–Crippen MR) is 112 cm³/mol. The van der Waals surface area contributed by atoms with E-state index in [2.05, 4.69) is 30.8 Å². The summed E-state index contributed by atoms with van der Waals surface area (Å²) in [5.74, 6) is 0.667. The van der Waals surface area contributed by atoms with E-state index in [9.17, 15) is 4.39 Å². The molecule has 6 N–H and O–H groups in total. The number of nitrogens with zero attached hydrogens (tertiary/aromatic N) is 3. The number of aromatic amines is 1. The summed E-state index contributed by atoms with van der Waals surface area (Å²) in [6, 6.07) is 5.19. The fourth-order valence-corrected chi connectivity index (χ4v) is 3.37. The first-order valence-corrected chi connectivity index (χ1v) is 9.50. The Balaban J connectivity index is 1.51. The molecular weight excluding hydrogens is 395 g/mol. The van der Waals surface area contributed by atoms with Crippen LogP contribution in [0.4, 0.5) is 27.7 Å². The topological polar surface area (TPSA) is 128 Å².